The van der Waals surface area contributed by atoms with Gasteiger partial charge in [-0.15, -0.1) is 0 Å². The molecule has 0 radical (unpaired) electrons. The van der Waals surface area contributed by atoms with E-state index >= 15 is 0 Å². The number of benzene rings is 2. The minimum Gasteiger partial charge on any atom is -0.316 e. The van der Waals surface area contributed by atoms with Crippen molar-refractivity contribution in [1.29, 1.82) is 0 Å². The lowest BCUT2D eigenvalue weighted by molar-refractivity contribution is -0.143. The van der Waals surface area contributed by atoms with Crippen LogP contribution >= 0.6 is 0 Å². The van der Waals surface area contributed by atoms with Gasteiger partial charge in [0.1, 0.15) is 0 Å². The zero-order chi connectivity index (χ0) is 21.2. The Labute approximate surface area is 165 Å². The van der Waals surface area contributed by atoms with Gasteiger partial charge in [-0.05, 0) is 48.8 Å². The molecule has 2 atom stereocenters. The van der Waals surface area contributed by atoms with E-state index in [1.54, 1.807) is 11.9 Å². The van der Waals surface area contributed by atoms with Gasteiger partial charge in [0.15, 0.2) is 0 Å². The predicted octanol–water partition coefficient (Wildman–Crippen LogP) is 5.16. The van der Waals surface area contributed by atoms with Crippen molar-refractivity contribution in [2.45, 2.75) is 24.8 Å². The quantitative estimate of drug-likeness (QED) is 0.678. The van der Waals surface area contributed by atoms with E-state index in [-0.39, 0.29) is 30.0 Å². The van der Waals surface area contributed by atoms with Gasteiger partial charge in [0.25, 0.3) is 0 Å². The van der Waals surface area contributed by atoms with Crippen molar-refractivity contribution in [1.82, 2.24) is 10.2 Å². The first kappa shape index (κ1) is 21.6. The summed E-state index contributed by atoms with van der Waals surface area (Å²) in [7, 11) is 1.72. The third kappa shape index (κ3) is 5.51. The van der Waals surface area contributed by atoms with Crippen LogP contribution in [0.5, 0.6) is 0 Å². The fourth-order valence-electron chi connectivity index (χ4n) is 3.90. The van der Waals surface area contributed by atoms with Gasteiger partial charge in [0.2, 0.25) is 0 Å². The summed E-state index contributed by atoms with van der Waals surface area (Å²) in [5.74, 6) is 0.473. The molecule has 3 rings (SSSR count). The number of hydrogen-bond donors (Lipinski definition) is 1. The minimum absolute atomic E-state index is 0.00290. The highest BCUT2D eigenvalue weighted by atomic mass is 19.4. The Balaban J connectivity index is 1.75. The topological polar surface area (TPSA) is 15.3 Å². The van der Waals surface area contributed by atoms with E-state index in [0.717, 1.165) is 25.2 Å². The van der Waals surface area contributed by atoms with Crippen LogP contribution in [0, 0.1) is 5.92 Å². The summed E-state index contributed by atoms with van der Waals surface area (Å²) < 4.78 is 78.3. The molecule has 0 amide bonds. The van der Waals surface area contributed by atoms with E-state index in [1.807, 2.05) is 30.3 Å². The molecular weight excluding hydrogens is 394 g/mol. The third-order valence-corrected chi connectivity index (χ3v) is 5.21. The lowest BCUT2D eigenvalue weighted by Crippen LogP contribution is -2.29. The highest BCUT2D eigenvalue weighted by Crippen LogP contribution is 2.36. The SMILES string of the molecule is CN(Cc1cc(C(F)(F)F)cc(C(F)(F)F)c1)C[C@H]1CNC[C@H]1c1ccccc1. The largest absolute Gasteiger partial charge is 0.416 e. The first-order chi connectivity index (χ1) is 13.5. The van der Waals surface area contributed by atoms with E-state index < -0.39 is 23.5 Å². The lowest BCUT2D eigenvalue weighted by atomic mass is 9.88. The van der Waals surface area contributed by atoms with Gasteiger partial charge >= 0.3 is 12.4 Å². The molecule has 29 heavy (non-hydrogen) atoms. The molecule has 2 nitrogen and oxygen atoms in total. The fraction of sp³-hybridized carbons (Fsp3) is 0.429. The number of rotatable bonds is 5. The second-order valence-corrected chi connectivity index (χ2v) is 7.55. The van der Waals surface area contributed by atoms with Crippen LogP contribution in [0.1, 0.15) is 28.2 Å². The number of alkyl halides is 6. The molecule has 0 spiro atoms. The average molecular weight is 416 g/mol. The first-order valence-corrected chi connectivity index (χ1v) is 9.26. The maximum Gasteiger partial charge on any atom is 0.416 e. The molecular formula is C21H22F6N2. The number of nitrogens with one attached hydrogen (secondary N) is 1. The zero-order valence-electron chi connectivity index (χ0n) is 15.8. The molecule has 1 N–H and O–H groups in total. The number of hydrogen-bond acceptors (Lipinski definition) is 2. The van der Waals surface area contributed by atoms with E-state index in [2.05, 4.69) is 5.32 Å². The zero-order valence-corrected chi connectivity index (χ0v) is 15.8. The van der Waals surface area contributed by atoms with Crippen molar-refractivity contribution < 1.29 is 26.3 Å². The molecule has 1 aliphatic heterocycles. The summed E-state index contributed by atoms with van der Waals surface area (Å²) in [4.78, 5) is 1.78. The molecule has 2 aromatic carbocycles. The third-order valence-electron chi connectivity index (χ3n) is 5.21. The Morgan fingerprint density at radius 2 is 1.48 bits per heavy atom. The summed E-state index contributed by atoms with van der Waals surface area (Å²) in [5, 5.41) is 3.32. The summed E-state index contributed by atoms with van der Waals surface area (Å²) in [6.45, 7) is 2.11. The van der Waals surface area contributed by atoms with Gasteiger partial charge in [0, 0.05) is 25.6 Å². The van der Waals surface area contributed by atoms with Crippen LogP contribution in [0.2, 0.25) is 0 Å². The maximum atomic E-state index is 13.1. The summed E-state index contributed by atoms with van der Waals surface area (Å²) in [5.41, 5.74) is -1.38. The van der Waals surface area contributed by atoms with Crippen molar-refractivity contribution in [3.63, 3.8) is 0 Å². The molecule has 0 bridgehead atoms. The minimum atomic E-state index is -4.83. The molecule has 0 unspecified atom stereocenters. The van der Waals surface area contributed by atoms with Crippen molar-refractivity contribution in [2.24, 2.45) is 5.92 Å². The summed E-state index contributed by atoms with van der Waals surface area (Å²) >= 11 is 0. The predicted molar refractivity (Wildman–Crippen MR) is 98.3 cm³/mol. The van der Waals surface area contributed by atoms with Crippen molar-refractivity contribution in [2.75, 3.05) is 26.7 Å². The molecule has 0 aliphatic carbocycles. The monoisotopic (exact) mass is 416 g/mol. The van der Waals surface area contributed by atoms with E-state index in [1.165, 1.54) is 5.56 Å². The normalized spacial score (nSPS) is 20.4. The Hall–Kier alpha value is -2.06. The fourth-order valence-corrected chi connectivity index (χ4v) is 3.90. The summed E-state index contributed by atoms with van der Waals surface area (Å²) in [6, 6.07) is 11.7. The molecule has 0 saturated carbocycles. The molecule has 8 heteroatoms. The second-order valence-electron chi connectivity index (χ2n) is 7.55. The molecule has 1 fully saturated rings. The molecule has 0 aromatic heterocycles. The van der Waals surface area contributed by atoms with Crippen molar-refractivity contribution >= 4 is 0 Å². The molecule has 1 heterocycles. The van der Waals surface area contributed by atoms with Gasteiger partial charge in [-0.3, -0.25) is 0 Å². The standard InChI is InChI=1S/C21H22F6N2/c1-29(13-16-10-28-11-19(16)15-5-3-2-4-6-15)12-14-7-17(20(22,23)24)9-18(8-14)21(25,26)27/h2-9,16,19,28H,10-13H2,1H3/t16-,19+/m1/s1. The van der Waals surface area contributed by atoms with E-state index in [0.29, 0.717) is 6.54 Å². The highest BCUT2D eigenvalue weighted by Gasteiger charge is 2.37. The van der Waals surface area contributed by atoms with Crippen molar-refractivity contribution in [3.05, 3.63) is 70.8 Å². The molecule has 158 valence electrons. The van der Waals surface area contributed by atoms with Crippen LogP contribution in [0.15, 0.2) is 48.5 Å². The van der Waals surface area contributed by atoms with Crippen LogP contribution in [0.3, 0.4) is 0 Å². The summed E-state index contributed by atoms with van der Waals surface area (Å²) in [6.07, 6.45) is -9.66. The maximum absolute atomic E-state index is 13.1. The van der Waals surface area contributed by atoms with Gasteiger partial charge in [-0.25, -0.2) is 0 Å². The van der Waals surface area contributed by atoms with Gasteiger partial charge in [-0.2, -0.15) is 26.3 Å². The molecule has 1 saturated heterocycles. The van der Waals surface area contributed by atoms with Gasteiger partial charge < -0.3 is 10.2 Å². The second kappa shape index (κ2) is 8.36. The Bertz CT molecular complexity index is 784. The first-order valence-electron chi connectivity index (χ1n) is 9.26. The van der Waals surface area contributed by atoms with Crippen LogP contribution in [0.25, 0.3) is 0 Å². The Morgan fingerprint density at radius 3 is 2.03 bits per heavy atom. The smallest absolute Gasteiger partial charge is 0.316 e. The van der Waals surface area contributed by atoms with Crippen LogP contribution in [-0.2, 0) is 18.9 Å². The van der Waals surface area contributed by atoms with E-state index in [9.17, 15) is 26.3 Å². The molecule has 2 aromatic rings. The van der Waals surface area contributed by atoms with E-state index in [4.69, 9.17) is 0 Å². The molecule has 1 aliphatic rings. The van der Waals surface area contributed by atoms with Crippen LogP contribution < -0.4 is 5.32 Å². The van der Waals surface area contributed by atoms with Gasteiger partial charge in [0.05, 0.1) is 11.1 Å². The number of nitrogens with zero attached hydrogens (tertiary/aromatic N) is 1. The van der Waals surface area contributed by atoms with Crippen molar-refractivity contribution in [3.8, 4) is 0 Å². The lowest BCUT2D eigenvalue weighted by Gasteiger charge is -2.26. The van der Waals surface area contributed by atoms with Gasteiger partial charge in [-0.1, -0.05) is 30.3 Å². The average Bonchev–Trinajstić information content (AvgIpc) is 3.08. The highest BCUT2D eigenvalue weighted by molar-refractivity contribution is 5.33. The van der Waals surface area contributed by atoms with Crippen LogP contribution in [-0.4, -0.2) is 31.6 Å². The van der Waals surface area contributed by atoms with Crippen LogP contribution in [0.4, 0.5) is 26.3 Å². The Morgan fingerprint density at radius 1 is 0.897 bits per heavy atom. The number of halogens is 6. The Kier molecular flexibility index (Phi) is 6.24.